The molecular weight excluding hydrogens is 194 g/mol. The Morgan fingerprint density at radius 2 is 1.81 bits per heavy atom. The molecule has 0 aromatic carbocycles. The third-order valence-corrected chi connectivity index (χ3v) is 3.93. The van der Waals surface area contributed by atoms with E-state index in [1.807, 2.05) is 0 Å². The summed E-state index contributed by atoms with van der Waals surface area (Å²) in [5.74, 6) is 3.64. The fourth-order valence-electron chi connectivity index (χ4n) is 2.93. The minimum atomic E-state index is 0.700. The molecule has 1 atom stereocenters. The molecule has 1 rings (SSSR count). The highest BCUT2D eigenvalue weighted by atomic mass is 14.9. The first-order valence-electron chi connectivity index (χ1n) is 6.99. The lowest BCUT2D eigenvalue weighted by Gasteiger charge is -2.28. The SMILES string of the molecule is C#CCCCC(NC)C1CCCCCCC1. The van der Waals surface area contributed by atoms with E-state index in [1.165, 1.54) is 57.8 Å². The zero-order valence-corrected chi connectivity index (χ0v) is 10.8. The molecule has 1 heteroatoms. The molecular formula is C15H27N. The zero-order valence-electron chi connectivity index (χ0n) is 10.8. The van der Waals surface area contributed by atoms with Crippen LogP contribution in [0.15, 0.2) is 0 Å². The molecule has 0 spiro atoms. The topological polar surface area (TPSA) is 12.0 Å². The number of rotatable bonds is 5. The van der Waals surface area contributed by atoms with E-state index in [1.54, 1.807) is 0 Å². The molecule has 1 unspecified atom stereocenters. The second-order valence-electron chi connectivity index (χ2n) is 5.10. The number of hydrogen-bond acceptors (Lipinski definition) is 1. The van der Waals surface area contributed by atoms with Crippen LogP contribution in [-0.2, 0) is 0 Å². The van der Waals surface area contributed by atoms with Crippen molar-refractivity contribution in [3.05, 3.63) is 0 Å². The van der Waals surface area contributed by atoms with E-state index in [4.69, 9.17) is 6.42 Å². The lowest BCUT2D eigenvalue weighted by molar-refractivity contribution is 0.281. The zero-order chi connectivity index (χ0) is 11.6. The molecule has 0 aromatic heterocycles. The Morgan fingerprint density at radius 3 is 2.38 bits per heavy atom. The van der Waals surface area contributed by atoms with Gasteiger partial charge in [0, 0.05) is 12.5 Å². The summed E-state index contributed by atoms with van der Waals surface area (Å²) >= 11 is 0. The fraction of sp³-hybridized carbons (Fsp3) is 0.867. The van der Waals surface area contributed by atoms with Crippen molar-refractivity contribution in [2.24, 2.45) is 5.92 Å². The van der Waals surface area contributed by atoms with Crippen LogP contribution in [0.5, 0.6) is 0 Å². The second kappa shape index (κ2) is 8.65. The van der Waals surface area contributed by atoms with Gasteiger partial charge in [-0.15, -0.1) is 12.3 Å². The van der Waals surface area contributed by atoms with Crippen molar-refractivity contribution in [3.8, 4) is 12.3 Å². The van der Waals surface area contributed by atoms with E-state index in [0.717, 1.165) is 12.3 Å². The van der Waals surface area contributed by atoms with Crippen molar-refractivity contribution < 1.29 is 0 Å². The van der Waals surface area contributed by atoms with Gasteiger partial charge in [-0.3, -0.25) is 0 Å². The van der Waals surface area contributed by atoms with Crippen LogP contribution >= 0.6 is 0 Å². The molecule has 0 aliphatic heterocycles. The van der Waals surface area contributed by atoms with E-state index in [9.17, 15) is 0 Å². The summed E-state index contributed by atoms with van der Waals surface area (Å²) in [6, 6.07) is 0.700. The van der Waals surface area contributed by atoms with Gasteiger partial charge in [-0.05, 0) is 38.6 Å². The first-order chi connectivity index (χ1) is 7.88. The lowest BCUT2D eigenvalue weighted by atomic mass is 9.84. The minimum Gasteiger partial charge on any atom is -0.317 e. The van der Waals surface area contributed by atoms with Crippen LogP contribution in [0.4, 0.5) is 0 Å². The molecule has 1 fully saturated rings. The first kappa shape index (κ1) is 13.6. The Hall–Kier alpha value is -0.480. The van der Waals surface area contributed by atoms with Gasteiger partial charge in [-0.25, -0.2) is 0 Å². The molecule has 0 aromatic rings. The Balaban J connectivity index is 2.33. The van der Waals surface area contributed by atoms with Crippen LogP contribution < -0.4 is 5.32 Å². The summed E-state index contributed by atoms with van der Waals surface area (Å²) < 4.78 is 0. The highest BCUT2D eigenvalue weighted by Crippen LogP contribution is 2.26. The maximum Gasteiger partial charge on any atom is 0.00926 e. The molecule has 0 bridgehead atoms. The summed E-state index contributed by atoms with van der Waals surface area (Å²) in [4.78, 5) is 0. The molecule has 0 radical (unpaired) electrons. The third kappa shape index (κ3) is 5.03. The van der Waals surface area contributed by atoms with Gasteiger partial charge in [-0.2, -0.15) is 0 Å². The lowest BCUT2D eigenvalue weighted by Crippen LogP contribution is -2.34. The van der Waals surface area contributed by atoms with Crippen molar-refractivity contribution in [2.45, 2.75) is 70.3 Å². The van der Waals surface area contributed by atoms with Crippen LogP contribution in [0.25, 0.3) is 0 Å². The number of nitrogens with one attached hydrogen (secondary N) is 1. The first-order valence-corrected chi connectivity index (χ1v) is 6.99. The van der Waals surface area contributed by atoms with E-state index in [-0.39, 0.29) is 0 Å². The van der Waals surface area contributed by atoms with E-state index in [0.29, 0.717) is 6.04 Å². The quantitative estimate of drug-likeness (QED) is 0.551. The summed E-state index contributed by atoms with van der Waals surface area (Å²) in [5.41, 5.74) is 0. The standard InChI is InChI=1S/C15H27N/c1-3-4-8-13-15(16-2)14-11-9-6-5-7-10-12-14/h1,14-16H,4-13H2,2H3. The van der Waals surface area contributed by atoms with E-state index in [2.05, 4.69) is 18.3 Å². The Bertz CT molecular complexity index is 196. The molecule has 1 nitrogen and oxygen atoms in total. The van der Waals surface area contributed by atoms with Crippen molar-refractivity contribution >= 4 is 0 Å². The summed E-state index contributed by atoms with van der Waals surface area (Å²) in [6.45, 7) is 0. The van der Waals surface area contributed by atoms with Crippen molar-refractivity contribution in [2.75, 3.05) is 7.05 Å². The summed E-state index contributed by atoms with van der Waals surface area (Å²) in [7, 11) is 2.11. The summed E-state index contributed by atoms with van der Waals surface area (Å²) in [6.07, 6.45) is 18.7. The highest BCUT2D eigenvalue weighted by molar-refractivity contribution is 4.85. The monoisotopic (exact) mass is 221 g/mol. The smallest absolute Gasteiger partial charge is 0.00926 e. The molecule has 1 saturated carbocycles. The molecule has 0 saturated heterocycles. The maximum absolute atomic E-state index is 5.31. The van der Waals surface area contributed by atoms with Gasteiger partial charge in [-0.1, -0.05) is 32.1 Å². The van der Waals surface area contributed by atoms with Crippen LogP contribution in [-0.4, -0.2) is 13.1 Å². The second-order valence-corrected chi connectivity index (χ2v) is 5.10. The van der Waals surface area contributed by atoms with Crippen LogP contribution in [0.2, 0.25) is 0 Å². The van der Waals surface area contributed by atoms with Gasteiger partial charge >= 0.3 is 0 Å². The van der Waals surface area contributed by atoms with Gasteiger partial charge in [0.25, 0.3) is 0 Å². The van der Waals surface area contributed by atoms with Gasteiger partial charge in [0.2, 0.25) is 0 Å². The van der Waals surface area contributed by atoms with E-state index < -0.39 is 0 Å². The predicted octanol–water partition coefficient (Wildman–Crippen LogP) is 3.74. The van der Waals surface area contributed by atoms with Gasteiger partial charge < -0.3 is 5.32 Å². The fourth-order valence-corrected chi connectivity index (χ4v) is 2.93. The molecule has 92 valence electrons. The van der Waals surface area contributed by atoms with Crippen LogP contribution in [0, 0.1) is 18.3 Å². The Morgan fingerprint density at radius 1 is 1.19 bits per heavy atom. The van der Waals surface area contributed by atoms with Crippen LogP contribution in [0.3, 0.4) is 0 Å². The van der Waals surface area contributed by atoms with Crippen molar-refractivity contribution in [3.63, 3.8) is 0 Å². The maximum atomic E-state index is 5.31. The molecule has 0 amide bonds. The van der Waals surface area contributed by atoms with Crippen molar-refractivity contribution in [1.29, 1.82) is 0 Å². The minimum absolute atomic E-state index is 0.700. The normalized spacial score (nSPS) is 20.8. The average molecular weight is 221 g/mol. The van der Waals surface area contributed by atoms with Gasteiger partial charge in [0.1, 0.15) is 0 Å². The predicted molar refractivity (Wildman–Crippen MR) is 71.3 cm³/mol. The molecule has 16 heavy (non-hydrogen) atoms. The van der Waals surface area contributed by atoms with Crippen LogP contribution in [0.1, 0.15) is 64.2 Å². The van der Waals surface area contributed by atoms with Crippen molar-refractivity contribution in [1.82, 2.24) is 5.32 Å². The Kier molecular flexibility index (Phi) is 7.34. The molecule has 1 aliphatic carbocycles. The number of unbranched alkanes of at least 4 members (excludes halogenated alkanes) is 1. The largest absolute Gasteiger partial charge is 0.317 e. The number of hydrogen-bond donors (Lipinski definition) is 1. The van der Waals surface area contributed by atoms with Gasteiger partial charge in [0.05, 0.1) is 0 Å². The number of terminal acetylenes is 1. The Labute approximate surface area is 101 Å². The molecule has 1 N–H and O–H groups in total. The molecule has 0 heterocycles. The summed E-state index contributed by atoms with van der Waals surface area (Å²) in [5, 5.41) is 3.51. The third-order valence-electron chi connectivity index (χ3n) is 3.93. The highest BCUT2D eigenvalue weighted by Gasteiger charge is 2.19. The van der Waals surface area contributed by atoms with E-state index >= 15 is 0 Å². The average Bonchev–Trinajstić information content (AvgIpc) is 2.25. The van der Waals surface area contributed by atoms with Gasteiger partial charge in [0.15, 0.2) is 0 Å². The molecule has 1 aliphatic rings.